The first-order valence-corrected chi connectivity index (χ1v) is 13.9. The van der Waals surface area contributed by atoms with Gasteiger partial charge in [0.2, 0.25) is 0 Å². The van der Waals surface area contributed by atoms with Crippen molar-refractivity contribution >= 4 is 17.5 Å². The molecule has 5 rings (SSSR count). The van der Waals surface area contributed by atoms with Crippen LogP contribution in [0.5, 0.6) is 0 Å². The van der Waals surface area contributed by atoms with Crippen LogP contribution in [0.25, 0.3) is 0 Å². The van der Waals surface area contributed by atoms with Crippen molar-refractivity contribution in [3.05, 3.63) is 0 Å². The summed E-state index contributed by atoms with van der Waals surface area (Å²) in [5, 5.41) is 0. The molecule has 34 heavy (non-hydrogen) atoms. The first-order valence-electron chi connectivity index (χ1n) is 13.9. The van der Waals surface area contributed by atoms with E-state index in [0.29, 0.717) is 30.0 Å². The number of rotatable bonds is 2. The number of Topliss-reactive ketones (excluding diaryl/α,β-unsaturated/α-hetero) is 2. The summed E-state index contributed by atoms with van der Waals surface area (Å²) < 4.78 is 5.40. The summed E-state index contributed by atoms with van der Waals surface area (Å²) >= 11 is 0. The van der Waals surface area contributed by atoms with Crippen LogP contribution in [0, 0.1) is 56.7 Å². The highest BCUT2D eigenvalue weighted by Crippen LogP contribution is 2.77. The van der Waals surface area contributed by atoms with Gasteiger partial charge in [-0.3, -0.25) is 14.4 Å². The van der Waals surface area contributed by atoms with Gasteiger partial charge in [-0.1, -0.05) is 34.6 Å². The number of esters is 1. The van der Waals surface area contributed by atoms with E-state index in [2.05, 4.69) is 34.6 Å². The second-order valence-electron chi connectivity index (χ2n) is 14.2. The van der Waals surface area contributed by atoms with Gasteiger partial charge in [0.15, 0.2) is 0 Å². The van der Waals surface area contributed by atoms with E-state index >= 15 is 0 Å². The maximum Gasteiger partial charge on any atom is 0.312 e. The third-order valence-electron chi connectivity index (χ3n) is 13.3. The van der Waals surface area contributed by atoms with Gasteiger partial charge in [-0.05, 0) is 105 Å². The molecule has 0 unspecified atom stereocenters. The predicted octanol–water partition coefficient (Wildman–Crippen LogP) is 6.40. The van der Waals surface area contributed by atoms with Gasteiger partial charge in [0, 0.05) is 17.8 Å². The Bertz CT molecular complexity index is 921. The number of hydrogen-bond donors (Lipinski definition) is 0. The SMILES string of the molecule is COC(=O)[C@]12CC[C@@H](C(C)=O)[C@@H]1[C@H]1CC[C@@H]3[C@@]4(C)CCC(=O)C(C)(C)[C@H]4CC[C@@]3(C)[C@]1(C)CC2. The highest BCUT2D eigenvalue weighted by molar-refractivity contribution is 5.85. The van der Waals surface area contributed by atoms with E-state index in [-0.39, 0.29) is 45.2 Å². The van der Waals surface area contributed by atoms with Crippen molar-refractivity contribution in [2.24, 2.45) is 56.7 Å². The first kappa shape index (κ1) is 24.5. The normalized spacial score (nSPS) is 51.5. The van der Waals surface area contributed by atoms with Crippen LogP contribution in [0.4, 0.5) is 0 Å². The molecule has 0 aromatic rings. The summed E-state index contributed by atoms with van der Waals surface area (Å²) in [5.74, 6) is 2.18. The lowest BCUT2D eigenvalue weighted by Crippen LogP contribution is -2.66. The number of carbonyl (C=O) groups excluding carboxylic acids is 3. The van der Waals surface area contributed by atoms with E-state index in [9.17, 15) is 14.4 Å². The van der Waals surface area contributed by atoms with Crippen molar-refractivity contribution in [1.29, 1.82) is 0 Å². The van der Waals surface area contributed by atoms with Gasteiger partial charge >= 0.3 is 5.97 Å². The Morgan fingerprint density at radius 2 is 1.53 bits per heavy atom. The second kappa shape index (κ2) is 7.42. The molecule has 5 aliphatic rings. The molecule has 5 fully saturated rings. The largest absolute Gasteiger partial charge is 0.469 e. The van der Waals surface area contributed by atoms with Gasteiger partial charge in [0.1, 0.15) is 11.6 Å². The minimum absolute atomic E-state index is 0.0120. The molecule has 190 valence electrons. The summed E-state index contributed by atoms with van der Waals surface area (Å²) in [7, 11) is 1.52. The Balaban J connectivity index is 1.57. The molecule has 0 saturated heterocycles. The summed E-state index contributed by atoms with van der Waals surface area (Å²) in [6, 6.07) is 0. The molecule has 0 aromatic heterocycles. The second-order valence-corrected chi connectivity index (χ2v) is 14.2. The Morgan fingerprint density at radius 1 is 0.824 bits per heavy atom. The van der Waals surface area contributed by atoms with Crippen LogP contribution >= 0.6 is 0 Å². The average Bonchev–Trinajstić information content (AvgIpc) is 3.18. The number of fused-ring (bicyclic) bond motifs is 7. The van der Waals surface area contributed by atoms with Crippen LogP contribution in [-0.4, -0.2) is 24.6 Å². The van der Waals surface area contributed by atoms with Gasteiger partial charge in [-0.2, -0.15) is 0 Å². The zero-order valence-corrected chi connectivity index (χ0v) is 22.6. The molecule has 4 heteroatoms. The lowest BCUT2D eigenvalue weighted by Gasteiger charge is -2.72. The van der Waals surface area contributed by atoms with E-state index in [0.717, 1.165) is 57.8 Å². The maximum absolute atomic E-state index is 13.3. The van der Waals surface area contributed by atoms with E-state index in [1.165, 1.54) is 7.11 Å². The van der Waals surface area contributed by atoms with Crippen LogP contribution in [0.1, 0.15) is 106 Å². The van der Waals surface area contributed by atoms with Crippen LogP contribution in [0.3, 0.4) is 0 Å². The van der Waals surface area contributed by atoms with Crippen molar-refractivity contribution < 1.29 is 19.1 Å². The first-order chi connectivity index (χ1) is 15.8. The van der Waals surface area contributed by atoms with E-state index < -0.39 is 5.41 Å². The minimum Gasteiger partial charge on any atom is -0.469 e. The van der Waals surface area contributed by atoms with Gasteiger partial charge in [0.25, 0.3) is 0 Å². The standard InChI is InChI=1S/C30H46O4/c1-18(31)19-10-15-30(25(33)34-7)17-16-28(5)20(24(19)30)8-9-22-27(4)13-12-23(32)26(2,3)21(27)11-14-29(22,28)6/h19-22,24H,8-17H2,1-7H3/t19-,20+,21+,22+,24+,27-,28+,29+,30-/m0/s1. The van der Waals surface area contributed by atoms with Gasteiger partial charge in [-0.25, -0.2) is 0 Å². The van der Waals surface area contributed by atoms with Crippen LogP contribution in [0.2, 0.25) is 0 Å². The third-order valence-corrected chi connectivity index (χ3v) is 13.3. The Labute approximate surface area is 206 Å². The topological polar surface area (TPSA) is 60.4 Å². The molecule has 9 atom stereocenters. The van der Waals surface area contributed by atoms with E-state index in [4.69, 9.17) is 4.74 Å². The molecule has 0 N–H and O–H groups in total. The molecule has 0 spiro atoms. The molecular formula is C30H46O4. The number of methoxy groups -OCH3 is 1. The van der Waals surface area contributed by atoms with Gasteiger partial charge in [0.05, 0.1) is 12.5 Å². The molecule has 0 radical (unpaired) electrons. The molecular weight excluding hydrogens is 424 g/mol. The van der Waals surface area contributed by atoms with Crippen molar-refractivity contribution in [3.8, 4) is 0 Å². The molecule has 0 heterocycles. The highest BCUT2D eigenvalue weighted by atomic mass is 16.5. The molecule has 0 amide bonds. The monoisotopic (exact) mass is 470 g/mol. The van der Waals surface area contributed by atoms with Gasteiger partial charge in [-0.15, -0.1) is 0 Å². The Kier molecular flexibility index (Phi) is 5.34. The Hall–Kier alpha value is -1.19. The Morgan fingerprint density at radius 3 is 2.18 bits per heavy atom. The zero-order valence-electron chi connectivity index (χ0n) is 22.6. The number of ketones is 2. The molecule has 0 bridgehead atoms. The fourth-order valence-electron chi connectivity index (χ4n) is 11.4. The van der Waals surface area contributed by atoms with Crippen molar-refractivity contribution in [2.45, 2.75) is 106 Å². The fourth-order valence-corrected chi connectivity index (χ4v) is 11.4. The third kappa shape index (κ3) is 2.75. The average molecular weight is 471 g/mol. The van der Waals surface area contributed by atoms with Crippen molar-refractivity contribution in [1.82, 2.24) is 0 Å². The lowest BCUT2D eigenvalue weighted by molar-refractivity contribution is -0.236. The minimum atomic E-state index is -0.473. The molecule has 4 nitrogen and oxygen atoms in total. The van der Waals surface area contributed by atoms with Crippen LogP contribution in [0.15, 0.2) is 0 Å². The maximum atomic E-state index is 13.3. The highest BCUT2D eigenvalue weighted by Gasteiger charge is 2.72. The van der Waals surface area contributed by atoms with Crippen LogP contribution < -0.4 is 0 Å². The molecule has 5 aliphatic carbocycles. The fraction of sp³-hybridized carbons (Fsp3) is 0.900. The van der Waals surface area contributed by atoms with Crippen molar-refractivity contribution in [3.63, 3.8) is 0 Å². The zero-order chi connectivity index (χ0) is 24.9. The summed E-state index contributed by atoms with van der Waals surface area (Å²) in [5.41, 5.74) is -0.243. The lowest BCUT2D eigenvalue weighted by atomic mass is 9.32. The number of carbonyl (C=O) groups is 3. The summed E-state index contributed by atoms with van der Waals surface area (Å²) in [4.78, 5) is 39.0. The van der Waals surface area contributed by atoms with Crippen LogP contribution in [-0.2, 0) is 19.1 Å². The van der Waals surface area contributed by atoms with E-state index in [1.807, 2.05) is 0 Å². The van der Waals surface area contributed by atoms with E-state index in [1.54, 1.807) is 6.92 Å². The predicted molar refractivity (Wildman–Crippen MR) is 132 cm³/mol. The number of hydrogen-bond acceptors (Lipinski definition) is 4. The van der Waals surface area contributed by atoms with Crippen molar-refractivity contribution in [2.75, 3.05) is 7.11 Å². The molecule has 5 saturated carbocycles. The van der Waals surface area contributed by atoms with Gasteiger partial charge < -0.3 is 4.74 Å². The summed E-state index contributed by atoms with van der Waals surface area (Å²) in [6.45, 7) is 13.7. The number of ether oxygens (including phenoxy) is 1. The molecule has 0 aromatic carbocycles. The molecule has 0 aliphatic heterocycles. The summed E-state index contributed by atoms with van der Waals surface area (Å²) in [6.07, 6.45) is 9.80. The quantitative estimate of drug-likeness (QED) is 0.438. The smallest absolute Gasteiger partial charge is 0.312 e.